The summed E-state index contributed by atoms with van der Waals surface area (Å²) in [4.78, 5) is 51.3. The molecular formula is C67H120O12. The highest BCUT2D eigenvalue weighted by molar-refractivity contribution is 5.74. The molecule has 0 spiro atoms. The lowest BCUT2D eigenvalue weighted by molar-refractivity contribution is -0.301. The maximum absolute atomic E-state index is 13.2. The molecule has 1 heterocycles. The molecule has 0 amide bonds. The SMILES string of the molecule is CCC/C=C\C/C=C\CCCCCCCC(=O)OC(COC(=O)CCCCCCCCC/C=C\CCCCCCCC)COC1OC(C(=O)O)C(O)C(O)C1OC(=O)CCCCCCCCCCCCCCCCCCCCC. The van der Waals surface area contributed by atoms with E-state index >= 15 is 0 Å². The predicted molar refractivity (Wildman–Crippen MR) is 322 cm³/mol. The molecule has 1 saturated heterocycles. The van der Waals surface area contributed by atoms with Crippen LogP contribution in [0.2, 0.25) is 0 Å². The maximum atomic E-state index is 13.2. The summed E-state index contributed by atoms with van der Waals surface area (Å²) in [5.74, 6) is -3.11. The smallest absolute Gasteiger partial charge is 0.335 e. The van der Waals surface area contributed by atoms with Crippen LogP contribution < -0.4 is 0 Å². The van der Waals surface area contributed by atoms with Gasteiger partial charge in [-0.05, 0) is 70.6 Å². The van der Waals surface area contributed by atoms with Gasteiger partial charge in [0.1, 0.15) is 18.8 Å². The molecule has 12 nitrogen and oxygen atoms in total. The summed E-state index contributed by atoms with van der Waals surface area (Å²) in [5, 5.41) is 31.6. The predicted octanol–water partition coefficient (Wildman–Crippen LogP) is 17.6. The van der Waals surface area contributed by atoms with E-state index in [1.165, 1.54) is 161 Å². The van der Waals surface area contributed by atoms with E-state index in [0.29, 0.717) is 19.3 Å². The number of aliphatic hydroxyl groups is 2. The molecule has 79 heavy (non-hydrogen) atoms. The zero-order valence-corrected chi connectivity index (χ0v) is 50.9. The first-order chi connectivity index (χ1) is 38.6. The number of aliphatic hydroxyl groups excluding tert-OH is 2. The van der Waals surface area contributed by atoms with E-state index < -0.39 is 67.3 Å². The molecule has 0 aromatic rings. The van der Waals surface area contributed by atoms with Gasteiger partial charge in [-0.2, -0.15) is 0 Å². The highest BCUT2D eigenvalue weighted by atomic mass is 16.7. The molecule has 0 aliphatic carbocycles. The number of rotatable bonds is 57. The average molecular weight is 1120 g/mol. The molecule has 3 N–H and O–H groups in total. The molecule has 0 radical (unpaired) electrons. The van der Waals surface area contributed by atoms with Crippen LogP contribution >= 0.6 is 0 Å². The molecule has 12 heteroatoms. The third-order valence-electron chi connectivity index (χ3n) is 15.2. The summed E-state index contributed by atoms with van der Waals surface area (Å²) in [6, 6.07) is 0. The van der Waals surface area contributed by atoms with Gasteiger partial charge in [-0.3, -0.25) is 14.4 Å². The number of allylic oxidation sites excluding steroid dienone is 6. The van der Waals surface area contributed by atoms with Crippen LogP contribution in [0.1, 0.15) is 316 Å². The van der Waals surface area contributed by atoms with E-state index in [1.807, 2.05) is 0 Å². The Morgan fingerprint density at radius 3 is 1.20 bits per heavy atom. The molecule has 1 fully saturated rings. The van der Waals surface area contributed by atoms with E-state index in [0.717, 1.165) is 96.3 Å². The van der Waals surface area contributed by atoms with Crippen LogP contribution in [0.5, 0.6) is 0 Å². The van der Waals surface area contributed by atoms with Gasteiger partial charge >= 0.3 is 23.9 Å². The number of carbonyl (C=O) groups excluding carboxylic acids is 3. The van der Waals surface area contributed by atoms with Crippen LogP contribution in [0.25, 0.3) is 0 Å². The zero-order valence-electron chi connectivity index (χ0n) is 50.9. The van der Waals surface area contributed by atoms with Crippen LogP contribution in [0.15, 0.2) is 36.5 Å². The highest BCUT2D eigenvalue weighted by Gasteiger charge is 2.50. The van der Waals surface area contributed by atoms with Gasteiger partial charge in [0.05, 0.1) is 6.61 Å². The first kappa shape index (κ1) is 74.0. The summed E-state index contributed by atoms with van der Waals surface area (Å²) in [6.45, 7) is 5.96. The van der Waals surface area contributed by atoms with Crippen LogP contribution in [0.3, 0.4) is 0 Å². The number of ether oxygens (including phenoxy) is 5. The number of carbonyl (C=O) groups is 4. The normalized spacial score (nSPS) is 18.0. The van der Waals surface area contributed by atoms with E-state index in [-0.39, 0.29) is 25.9 Å². The minimum atomic E-state index is -1.90. The molecule has 0 saturated carbocycles. The minimum absolute atomic E-state index is 0.0642. The molecule has 6 unspecified atom stereocenters. The Kier molecular flexibility index (Phi) is 51.9. The molecule has 0 bridgehead atoms. The van der Waals surface area contributed by atoms with E-state index in [4.69, 9.17) is 23.7 Å². The lowest BCUT2D eigenvalue weighted by Gasteiger charge is -2.40. The number of hydrogen-bond acceptors (Lipinski definition) is 11. The third kappa shape index (κ3) is 45.2. The molecule has 6 atom stereocenters. The second kappa shape index (κ2) is 55.5. The Morgan fingerprint density at radius 2 is 0.785 bits per heavy atom. The molecule has 0 aromatic carbocycles. The lowest BCUT2D eigenvalue weighted by Crippen LogP contribution is -2.61. The Hall–Kier alpha value is -3.06. The van der Waals surface area contributed by atoms with Crippen molar-refractivity contribution in [3.8, 4) is 0 Å². The van der Waals surface area contributed by atoms with Crippen molar-refractivity contribution in [3.63, 3.8) is 0 Å². The van der Waals surface area contributed by atoms with E-state index in [1.54, 1.807) is 0 Å². The van der Waals surface area contributed by atoms with Crippen LogP contribution in [-0.4, -0.2) is 89.2 Å². The number of carboxylic acids is 1. The molecular weight excluding hydrogens is 997 g/mol. The van der Waals surface area contributed by atoms with Gasteiger partial charge in [-0.25, -0.2) is 4.79 Å². The fourth-order valence-corrected chi connectivity index (χ4v) is 10.1. The number of aliphatic carboxylic acids is 1. The van der Waals surface area contributed by atoms with Gasteiger partial charge in [0.25, 0.3) is 0 Å². The van der Waals surface area contributed by atoms with Crippen molar-refractivity contribution in [1.82, 2.24) is 0 Å². The molecule has 1 aliphatic rings. The van der Waals surface area contributed by atoms with Crippen molar-refractivity contribution in [2.45, 2.75) is 353 Å². The molecule has 460 valence electrons. The largest absolute Gasteiger partial charge is 0.479 e. The van der Waals surface area contributed by atoms with Crippen molar-refractivity contribution in [3.05, 3.63) is 36.5 Å². The van der Waals surface area contributed by atoms with Gasteiger partial charge < -0.3 is 39.0 Å². The van der Waals surface area contributed by atoms with Gasteiger partial charge in [0.15, 0.2) is 24.6 Å². The Bertz CT molecular complexity index is 1510. The third-order valence-corrected chi connectivity index (χ3v) is 15.2. The van der Waals surface area contributed by atoms with Crippen LogP contribution in [-0.2, 0) is 42.9 Å². The second-order valence-corrected chi connectivity index (χ2v) is 22.8. The average Bonchev–Trinajstić information content (AvgIpc) is 3.43. The van der Waals surface area contributed by atoms with Gasteiger partial charge in [0.2, 0.25) is 0 Å². The summed E-state index contributed by atoms with van der Waals surface area (Å²) in [5.41, 5.74) is 0. The van der Waals surface area contributed by atoms with E-state index in [2.05, 4.69) is 57.2 Å². The monoisotopic (exact) mass is 1120 g/mol. The summed E-state index contributed by atoms with van der Waals surface area (Å²) < 4.78 is 28.5. The Labute approximate surface area is 482 Å². The fourth-order valence-electron chi connectivity index (χ4n) is 10.1. The standard InChI is InChI=1S/C67H120O12/c1-4-7-10-13-16-19-22-25-27-29-30-32-34-37-40-43-46-49-52-55-61(70)78-65-63(72)62(71)64(66(73)74)79-67(65)76-57-58(77-60(69)54-51-48-45-42-39-35-24-21-18-15-12-9-6-3)56-75-59(68)53-50-47-44-41-38-36-33-31-28-26-23-20-17-14-11-8-5-2/h12,15,21,24,26,28,58,62-65,67,71-72H,4-11,13-14,16-20,22-23,25,27,29-57H2,1-3H3,(H,73,74)/b15-12-,24-21-,28-26-. The first-order valence-corrected chi connectivity index (χ1v) is 33.0. The fraction of sp³-hybridized carbons (Fsp3) is 0.851. The van der Waals surface area contributed by atoms with Gasteiger partial charge in [-0.15, -0.1) is 0 Å². The minimum Gasteiger partial charge on any atom is -0.479 e. The molecule has 1 rings (SSSR count). The number of esters is 3. The summed E-state index contributed by atoms with van der Waals surface area (Å²) >= 11 is 0. The quantitative estimate of drug-likeness (QED) is 0.0228. The van der Waals surface area contributed by atoms with Gasteiger partial charge in [0, 0.05) is 19.3 Å². The lowest BCUT2D eigenvalue weighted by atomic mass is 9.98. The van der Waals surface area contributed by atoms with Crippen molar-refractivity contribution >= 4 is 23.9 Å². The van der Waals surface area contributed by atoms with Crippen molar-refractivity contribution < 1.29 is 58.2 Å². The van der Waals surface area contributed by atoms with Crippen LogP contribution in [0.4, 0.5) is 0 Å². The number of hydrogen-bond donors (Lipinski definition) is 3. The Balaban J connectivity index is 2.62. The molecule has 1 aliphatic heterocycles. The first-order valence-electron chi connectivity index (χ1n) is 33.0. The Morgan fingerprint density at radius 1 is 0.418 bits per heavy atom. The van der Waals surface area contributed by atoms with Crippen molar-refractivity contribution in [2.24, 2.45) is 0 Å². The van der Waals surface area contributed by atoms with Crippen LogP contribution in [0, 0.1) is 0 Å². The summed E-state index contributed by atoms with van der Waals surface area (Å²) in [7, 11) is 0. The van der Waals surface area contributed by atoms with Crippen molar-refractivity contribution in [1.29, 1.82) is 0 Å². The molecule has 0 aromatic heterocycles. The van der Waals surface area contributed by atoms with Gasteiger partial charge in [-0.1, -0.05) is 263 Å². The summed E-state index contributed by atoms with van der Waals surface area (Å²) in [6.07, 6.45) is 53.9. The maximum Gasteiger partial charge on any atom is 0.335 e. The highest BCUT2D eigenvalue weighted by Crippen LogP contribution is 2.27. The number of unbranched alkanes of at least 4 members (excludes halogenated alkanes) is 37. The number of carboxylic acid groups (broad SMARTS) is 1. The topological polar surface area (TPSA) is 175 Å². The van der Waals surface area contributed by atoms with E-state index in [9.17, 15) is 34.5 Å². The van der Waals surface area contributed by atoms with Crippen molar-refractivity contribution in [2.75, 3.05) is 13.2 Å². The second-order valence-electron chi connectivity index (χ2n) is 22.8. The zero-order chi connectivity index (χ0) is 57.5.